The predicted octanol–water partition coefficient (Wildman–Crippen LogP) is 4.21. The maximum Gasteiger partial charge on any atom is 0.534 e. The number of benzene rings is 1. The largest absolute Gasteiger partial charge is 0.534 e. The van der Waals surface area contributed by atoms with Crippen LogP contribution in [0.1, 0.15) is 22.3 Å². The Morgan fingerprint density at radius 1 is 1.04 bits per heavy atom. The van der Waals surface area contributed by atoms with Crippen LogP contribution >= 0.6 is 0 Å². The van der Waals surface area contributed by atoms with Crippen molar-refractivity contribution in [1.82, 2.24) is 4.98 Å². The first-order valence-electron chi connectivity index (χ1n) is 6.99. The van der Waals surface area contributed by atoms with Gasteiger partial charge in [0.05, 0.1) is 5.69 Å². The fraction of sp³-hybridized carbons (Fsp3) is 0.312. The molecule has 0 radical (unpaired) electrons. The van der Waals surface area contributed by atoms with Gasteiger partial charge in [-0.15, -0.1) is 0 Å². The molecule has 8 heteroatoms. The lowest BCUT2D eigenvalue weighted by Gasteiger charge is -2.18. The lowest BCUT2D eigenvalue weighted by molar-refractivity contribution is -0.0499. The molecule has 0 atom stereocenters. The number of rotatable bonds is 3. The number of hydrogen-bond donors (Lipinski definition) is 0. The van der Waals surface area contributed by atoms with Gasteiger partial charge in [0, 0.05) is 11.8 Å². The zero-order valence-electron chi connectivity index (χ0n) is 13.5. The van der Waals surface area contributed by atoms with Crippen molar-refractivity contribution in [3.63, 3.8) is 0 Å². The van der Waals surface area contributed by atoms with Gasteiger partial charge in [-0.1, -0.05) is 6.07 Å². The van der Waals surface area contributed by atoms with Crippen LogP contribution in [0.4, 0.5) is 13.2 Å². The predicted molar refractivity (Wildman–Crippen MR) is 84.2 cm³/mol. The topological polar surface area (TPSA) is 56.3 Å². The van der Waals surface area contributed by atoms with Gasteiger partial charge >= 0.3 is 15.6 Å². The van der Waals surface area contributed by atoms with Crippen LogP contribution in [0.15, 0.2) is 24.4 Å². The third-order valence-electron chi connectivity index (χ3n) is 3.85. The molecule has 2 aromatic rings. The number of alkyl halides is 3. The third-order valence-corrected chi connectivity index (χ3v) is 4.82. The Bertz CT molecular complexity index is 890. The minimum absolute atomic E-state index is 0.240. The van der Waals surface area contributed by atoms with Crippen molar-refractivity contribution >= 4 is 10.1 Å². The van der Waals surface area contributed by atoms with E-state index in [1.54, 1.807) is 39.8 Å². The Labute approximate surface area is 138 Å². The summed E-state index contributed by atoms with van der Waals surface area (Å²) in [5, 5.41) is 0. The molecule has 0 unspecified atom stereocenters. The summed E-state index contributed by atoms with van der Waals surface area (Å²) in [4.78, 5) is 4.18. The summed E-state index contributed by atoms with van der Waals surface area (Å²) >= 11 is 0. The van der Waals surface area contributed by atoms with Crippen LogP contribution < -0.4 is 4.18 Å². The number of aromatic nitrogens is 1. The lowest BCUT2D eigenvalue weighted by Crippen LogP contribution is -2.28. The minimum atomic E-state index is -5.77. The van der Waals surface area contributed by atoms with Crippen LogP contribution in [0.25, 0.3) is 11.3 Å². The molecule has 2 rings (SSSR count). The normalized spacial score (nSPS) is 12.3. The van der Waals surface area contributed by atoms with Gasteiger partial charge in [-0.2, -0.15) is 21.6 Å². The van der Waals surface area contributed by atoms with Crippen molar-refractivity contribution in [3.05, 3.63) is 46.6 Å². The summed E-state index contributed by atoms with van der Waals surface area (Å²) in [5.74, 6) is -0.380. The molecule has 0 spiro atoms. The molecule has 0 N–H and O–H groups in total. The van der Waals surface area contributed by atoms with Crippen molar-refractivity contribution in [1.29, 1.82) is 0 Å². The molecule has 4 nitrogen and oxygen atoms in total. The third kappa shape index (κ3) is 3.24. The molecule has 1 aromatic carbocycles. The van der Waals surface area contributed by atoms with Gasteiger partial charge in [-0.05, 0) is 62.1 Å². The Hall–Kier alpha value is -2.09. The maximum absolute atomic E-state index is 12.7. The van der Waals surface area contributed by atoms with Gasteiger partial charge in [0.1, 0.15) is 0 Å². The second-order valence-corrected chi connectivity index (χ2v) is 7.01. The molecule has 0 saturated carbocycles. The first kappa shape index (κ1) is 18.3. The van der Waals surface area contributed by atoms with Gasteiger partial charge in [0.2, 0.25) is 0 Å². The molecule has 0 bridgehead atoms. The molecule has 1 aromatic heterocycles. The van der Waals surface area contributed by atoms with Crippen LogP contribution in [-0.2, 0) is 10.1 Å². The van der Waals surface area contributed by atoms with Crippen molar-refractivity contribution in [2.75, 3.05) is 0 Å². The van der Waals surface area contributed by atoms with E-state index in [-0.39, 0.29) is 11.3 Å². The van der Waals surface area contributed by atoms with E-state index in [2.05, 4.69) is 9.17 Å². The Balaban J connectivity index is 2.76. The average Bonchev–Trinajstić information content (AvgIpc) is 2.45. The highest BCUT2D eigenvalue weighted by atomic mass is 32.2. The van der Waals surface area contributed by atoms with Crippen LogP contribution in [0.2, 0.25) is 0 Å². The molecular formula is C16H16F3NO3S. The Kier molecular flexibility index (Phi) is 4.63. The summed E-state index contributed by atoms with van der Waals surface area (Å²) in [6, 6.07) is 4.70. The van der Waals surface area contributed by atoms with E-state index in [0.29, 0.717) is 22.4 Å². The second kappa shape index (κ2) is 6.08. The van der Waals surface area contributed by atoms with Gasteiger partial charge in [0.25, 0.3) is 0 Å². The van der Waals surface area contributed by atoms with Crippen LogP contribution in [0, 0.1) is 27.7 Å². The van der Waals surface area contributed by atoms with E-state index in [9.17, 15) is 21.6 Å². The monoisotopic (exact) mass is 359 g/mol. The lowest BCUT2D eigenvalue weighted by atomic mass is 9.94. The summed E-state index contributed by atoms with van der Waals surface area (Å²) < 4.78 is 65.3. The van der Waals surface area contributed by atoms with Gasteiger partial charge in [-0.3, -0.25) is 4.98 Å². The quantitative estimate of drug-likeness (QED) is 0.608. The fourth-order valence-corrected chi connectivity index (χ4v) is 2.78. The van der Waals surface area contributed by atoms with E-state index in [1.165, 1.54) is 12.3 Å². The number of nitrogens with zero attached hydrogens (tertiary/aromatic N) is 1. The molecule has 0 saturated heterocycles. The van der Waals surface area contributed by atoms with E-state index in [4.69, 9.17) is 0 Å². The van der Waals surface area contributed by atoms with Crippen molar-refractivity contribution < 1.29 is 25.8 Å². The second-order valence-electron chi connectivity index (χ2n) is 5.47. The average molecular weight is 359 g/mol. The van der Waals surface area contributed by atoms with E-state index < -0.39 is 15.6 Å². The number of hydrogen-bond acceptors (Lipinski definition) is 4. The molecule has 0 aliphatic heterocycles. The molecule has 0 aliphatic carbocycles. The SMILES string of the molecule is Cc1cccnc1-c1c(OS(=O)(=O)C(F)(F)F)cc(C)c(C)c1C. The molecule has 24 heavy (non-hydrogen) atoms. The highest BCUT2D eigenvalue weighted by molar-refractivity contribution is 7.88. The van der Waals surface area contributed by atoms with Crippen molar-refractivity contribution in [2.24, 2.45) is 0 Å². The van der Waals surface area contributed by atoms with Gasteiger partial charge in [0.15, 0.2) is 5.75 Å². The molecule has 0 aliphatic rings. The minimum Gasteiger partial charge on any atom is -0.375 e. The van der Waals surface area contributed by atoms with Crippen LogP contribution in [0.3, 0.4) is 0 Å². The molecule has 1 heterocycles. The van der Waals surface area contributed by atoms with E-state index in [1.807, 2.05) is 0 Å². The Morgan fingerprint density at radius 2 is 1.67 bits per heavy atom. The molecule has 0 amide bonds. The van der Waals surface area contributed by atoms with Crippen molar-refractivity contribution in [3.8, 4) is 17.0 Å². The Morgan fingerprint density at radius 3 is 2.21 bits per heavy atom. The highest BCUT2D eigenvalue weighted by Crippen LogP contribution is 2.39. The smallest absolute Gasteiger partial charge is 0.375 e. The fourth-order valence-electron chi connectivity index (χ4n) is 2.32. The van der Waals surface area contributed by atoms with Crippen LogP contribution in [0.5, 0.6) is 5.75 Å². The first-order chi connectivity index (χ1) is 11.0. The van der Waals surface area contributed by atoms with Crippen LogP contribution in [-0.4, -0.2) is 18.9 Å². The summed E-state index contributed by atoms with van der Waals surface area (Å²) in [7, 11) is -5.77. The molecular weight excluding hydrogens is 343 g/mol. The van der Waals surface area contributed by atoms with E-state index in [0.717, 1.165) is 5.56 Å². The van der Waals surface area contributed by atoms with Gasteiger partial charge in [-0.25, -0.2) is 0 Å². The summed E-state index contributed by atoms with van der Waals surface area (Å²) in [6.07, 6.45) is 1.49. The zero-order valence-corrected chi connectivity index (χ0v) is 14.3. The number of aryl methyl sites for hydroxylation is 2. The van der Waals surface area contributed by atoms with Gasteiger partial charge < -0.3 is 4.18 Å². The first-order valence-corrected chi connectivity index (χ1v) is 8.40. The van der Waals surface area contributed by atoms with E-state index >= 15 is 0 Å². The zero-order chi connectivity index (χ0) is 18.3. The number of halogens is 3. The summed E-state index contributed by atoms with van der Waals surface area (Å²) in [5.41, 5.74) is -2.13. The standard InChI is InChI=1S/C16H16F3NO3S/c1-9-6-5-7-20-15(9)14-12(4)11(3)10(2)8-13(14)23-24(21,22)16(17,18)19/h5-8H,1-4H3. The number of pyridine rings is 1. The van der Waals surface area contributed by atoms with Crippen molar-refractivity contribution in [2.45, 2.75) is 33.2 Å². The molecule has 0 fully saturated rings. The highest BCUT2D eigenvalue weighted by Gasteiger charge is 2.49. The summed E-state index contributed by atoms with van der Waals surface area (Å²) in [6.45, 7) is 6.90. The molecule has 130 valence electrons. The maximum atomic E-state index is 12.7.